The van der Waals surface area contributed by atoms with Crippen LogP contribution in [0.15, 0.2) is 42.5 Å². The number of rotatable bonds is 4. The molecule has 19 heavy (non-hydrogen) atoms. The average Bonchev–Trinajstić information content (AvgIpc) is 2.42. The molecule has 0 saturated carbocycles. The third-order valence-corrected chi connectivity index (χ3v) is 4.04. The number of benzene rings is 2. The Kier molecular flexibility index (Phi) is 4.89. The summed E-state index contributed by atoms with van der Waals surface area (Å²) in [7, 11) is 0. The Balaban J connectivity index is 2.54. The van der Waals surface area contributed by atoms with Crippen molar-refractivity contribution in [3.63, 3.8) is 0 Å². The fourth-order valence-electron chi connectivity index (χ4n) is 2.24. The van der Waals surface area contributed by atoms with Crippen molar-refractivity contribution in [3.05, 3.63) is 58.6 Å². The van der Waals surface area contributed by atoms with Crippen LogP contribution in [-0.2, 0) is 5.33 Å². The molecule has 0 bridgehead atoms. The fourth-order valence-corrected chi connectivity index (χ4v) is 2.88. The molecule has 0 amide bonds. The first-order valence-electron chi connectivity index (χ1n) is 6.35. The molecule has 2 rings (SSSR count). The molecular formula is C16H17BrClN. The molecule has 100 valence electrons. The summed E-state index contributed by atoms with van der Waals surface area (Å²) in [5, 5.41) is 1.59. The SMILES string of the molecule is CCN(c1ccccc1C)c1cc(Cl)ccc1CBr. The normalized spacial score (nSPS) is 10.5. The van der Waals surface area contributed by atoms with E-state index < -0.39 is 0 Å². The van der Waals surface area contributed by atoms with E-state index in [9.17, 15) is 0 Å². The molecule has 0 aliphatic carbocycles. The predicted octanol–water partition coefficient (Wildman–Crippen LogP) is 5.70. The van der Waals surface area contributed by atoms with E-state index in [1.807, 2.05) is 12.1 Å². The number of nitrogens with zero attached hydrogens (tertiary/aromatic N) is 1. The highest BCUT2D eigenvalue weighted by Gasteiger charge is 2.13. The van der Waals surface area contributed by atoms with Gasteiger partial charge in [-0.25, -0.2) is 0 Å². The van der Waals surface area contributed by atoms with Crippen LogP contribution in [-0.4, -0.2) is 6.54 Å². The van der Waals surface area contributed by atoms with Crippen molar-refractivity contribution in [2.24, 2.45) is 0 Å². The number of aryl methyl sites for hydroxylation is 1. The van der Waals surface area contributed by atoms with Crippen molar-refractivity contribution < 1.29 is 0 Å². The first-order chi connectivity index (χ1) is 9.17. The van der Waals surface area contributed by atoms with Gasteiger partial charge in [-0.05, 0) is 43.2 Å². The largest absolute Gasteiger partial charge is 0.341 e. The number of hydrogen-bond acceptors (Lipinski definition) is 1. The molecule has 0 aliphatic rings. The van der Waals surface area contributed by atoms with Gasteiger partial charge in [0.05, 0.1) is 0 Å². The molecule has 0 heterocycles. The predicted molar refractivity (Wildman–Crippen MR) is 87.9 cm³/mol. The van der Waals surface area contributed by atoms with E-state index in [4.69, 9.17) is 11.6 Å². The van der Waals surface area contributed by atoms with E-state index in [0.717, 1.165) is 16.9 Å². The Bertz CT molecular complexity index is 568. The third kappa shape index (κ3) is 3.13. The highest BCUT2D eigenvalue weighted by atomic mass is 79.9. The van der Waals surface area contributed by atoms with Crippen LogP contribution in [0.2, 0.25) is 5.02 Å². The standard InChI is InChI=1S/C16H17BrClN/c1-3-19(15-7-5-4-6-12(15)2)16-10-14(18)9-8-13(16)11-17/h4-10H,3,11H2,1-2H3. The maximum Gasteiger partial charge on any atom is 0.0466 e. The lowest BCUT2D eigenvalue weighted by Gasteiger charge is -2.27. The van der Waals surface area contributed by atoms with Gasteiger partial charge >= 0.3 is 0 Å². The van der Waals surface area contributed by atoms with Crippen molar-refractivity contribution in [3.8, 4) is 0 Å². The number of alkyl halides is 1. The minimum absolute atomic E-state index is 0.770. The summed E-state index contributed by atoms with van der Waals surface area (Å²) in [5.41, 5.74) is 4.91. The monoisotopic (exact) mass is 337 g/mol. The Morgan fingerprint density at radius 1 is 1.11 bits per heavy atom. The minimum atomic E-state index is 0.770. The van der Waals surface area contributed by atoms with Crippen LogP contribution in [0.25, 0.3) is 0 Å². The highest BCUT2D eigenvalue weighted by molar-refractivity contribution is 9.08. The Labute approximate surface area is 128 Å². The van der Waals surface area contributed by atoms with E-state index >= 15 is 0 Å². The van der Waals surface area contributed by atoms with Crippen LogP contribution >= 0.6 is 27.5 Å². The molecule has 0 fully saturated rings. The van der Waals surface area contributed by atoms with Crippen LogP contribution in [0, 0.1) is 6.92 Å². The number of halogens is 2. The van der Waals surface area contributed by atoms with Crippen molar-refractivity contribution in [2.75, 3.05) is 11.4 Å². The van der Waals surface area contributed by atoms with Gasteiger partial charge in [0.2, 0.25) is 0 Å². The van der Waals surface area contributed by atoms with Crippen molar-refractivity contribution in [1.29, 1.82) is 0 Å². The molecule has 0 aliphatic heterocycles. The molecule has 0 spiro atoms. The summed E-state index contributed by atoms with van der Waals surface area (Å²) in [5.74, 6) is 0. The molecule has 0 aromatic heterocycles. The van der Waals surface area contributed by atoms with Gasteiger partial charge in [-0.1, -0.05) is 51.8 Å². The maximum absolute atomic E-state index is 6.16. The van der Waals surface area contributed by atoms with Crippen LogP contribution in [0.1, 0.15) is 18.1 Å². The zero-order valence-electron chi connectivity index (χ0n) is 11.2. The van der Waals surface area contributed by atoms with Gasteiger partial charge < -0.3 is 4.90 Å². The Morgan fingerprint density at radius 3 is 2.47 bits per heavy atom. The Hall–Kier alpha value is -0.990. The zero-order valence-corrected chi connectivity index (χ0v) is 13.5. The maximum atomic E-state index is 6.16. The molecule has 0 atom stereocenters. The molecule has 1 nitrogen and oxygen atoms in total. The van der Waals surface area contributed by atoms with Crippen LogP contribution in [0.5, 0.6) is 0 Å². The van der Waals surface area contributed by atoms with E-state index in [0.29, 0.717) is 0 Å². The van der Waals surface area contributed by atoms with Crippen molar-refractivity contribution >= 4 is 38.9 Å². The average molecular weight is 339 g/mol. The van der Waals surface area contributed by atoms with E-state index in [1.165, 1.54) is 22.5 Å². The lowest BCUT2D eigenvalue weighted by Crippen LogP contribution is -2.18. The molecule has 2 aromatic carbocycles. The lowest BCUT2D eigenvalue weighted by atomic mass is 10.1. The quantitative estimate of drug-likeness (QED) is 0.646. The zero-order chi connectivity index (χ0) is 13.8. The van der Waals surface area contributed by atoms with E-state index in [-0.39, 0.29) is 0 Å². The number of hydrogen-bond donors (Lipinski definition) is 0. The van der Waals surface area contributed by atoms with Crippen molar-refractivity contribution in [1.82, 2.24) is 0 Å². The summed E-state index contributed by atoms with van der Waals surface area (Å²) in [6.07, 6.45) is 0. The molecular weight excluding hydrogens is 322 g/mol. The van der Waals surface area contributed by atoms with Crippen molar-refractivity contribution in [2.45, 2.75) is 19.2 Å². The van der Waals surface area contributed by atoms with E-state index in [1.54, 1.807) is 0 Å². The summed E-state index contributed by atoms with van der Waals surface area (Å²) >= 11 is 9.71. The molecule has 2 aromatic rings. The summed E-state index contributed by atoms with van der Waals surface area (Å²) in [4.78, 5) is 2.30. The minimum Gasteiger partial charge on any atom is -0.341 e. The summed E-state index contributed by atoms with van der Waals surface area (Å²) < 4.78 is 0. The fraction of sp³-hybridized carbons (Fsp3) is 0.250. The Morgan fingerprint density at radius 2 is 1.84 bits per heavy atom. The molecule has 0 unspecified atom stereocenters. The molecule has 0 radical (unpaired) electrons. The highest BCUT2D eigenvalue weighted by Crippen LogP contribution is 2.33. The molecule has 0 saturated heterocycles. The second kappa shape index (κ2) is 6.44. The molecule has 0 N–H and O–H groups in total. The van der Waals surface area contributed by atoms with Gasteiger partial charge in [-0.2, -0.15) is 0 Å². The van der Waals surface area contributed by atoms with Gasteiger partial charge in [0.25, 0.3) is 0 Å². The second-order valence-corrected chi connectivity index (χ2v) is 5.43. The van der Waals surface area contributed by atoms with Crippen LogP contribution < -0.4 is 4.90 Å². The molecule has 3 heteroatoms. The van der Waals surface area contributed by atoms with Gasteiger partial charge in [-0.3, -0.25) is 0 Å². The first-order valence-corrected chi connectivity index (χ1v) is 7.85. The lowest BCUT2D eigenvalue weighted by molar-refractivity contribution is 1.01. The van der Waals surface area contributed by atoms with Gasteiger partial charge in [0, 0.05) is 28.3 Å². The van der Waals surface area contributed by atoms with Crippen LogP contribution in [0.4, 0.5) is 11.4 Å². The van der Waals surface area contributed by atoms with Gasteiger partial charge in [-0.15, -0.1) is 0 Å². The smallest absolute Gasteiger partial charge is 0.0466 e. The van der Waals surface area contributed by atoms with Gasteiger partial charge in [0.15, 0.2) is 0 Å². The van der Waals surface area contributed by atoms with Gasteiger partial charge in [0.1, 0.15) is 0 Å². The second-order valence-electron chi connectivity index (χ2n) is 4.44. The van der Waals surface area contributed by atoms with E-state index in [2.05, 4.69) is 65.0 Å². The summed E-state index contributed by atoms with van der Waals surface area (Å²) in [6.45, 7) is 5.20. The summed E-state index contributed by atoms with van der Waals surface area (Å²) in [6, 6.07) is 14.5. The third-order valence-electron chi connectivity index (χ3n) is 3.20. The number of para-hydroxylation sites is 1. The first kappa shape index (κ1) is 14.4. The van der Waals surface area contributed by atoms with Crippen LogP contribution in [0.3, 0.4) is 0 Å². The topological polar surface area (TPSA) is 3.24 Å². The number of anilines is 2.